The lowest BCUT2D eigenvalue weighted by Crippen LogP contribution is -2.43. The lowest BCUT2D eigenvalue weighted by atomic mass is 10.0. The molecule has 2 rings (SSSR count). The van der Waals surface area contributed by atoms with Crippen LogP contribution in [0.15, 0.2) is 24.3 Å². The zero-order valence-electron chi connectivity index (χ0n) is 13.8. The second-order valence-electron chi connectivity index (χ2n) is 5.98. The van der Waals surface area contributed by atoms with Crippen molar-refractivity contribution in [2.75, 3.05) is 26.2 Å². The Labute approximate surface area is 129 Å². The molecule has 3 heteroatoms. The van der Waals surface area contributed by atoms with Crippen LogP contribution in [0.2, 0.25) is 0 Å². The van der Waals surface area contributed by atoms with E-state index in [9.17, 15) is 0 Å². The first-order chi connectivity index (χ1) is 10.2. The number of ether oxygens (including phenoxy) is 1. The fourth-order valence-corrected chi connectivity index (χ4v) is 3.21. The van der Waals surface area contributed by atoms with Gasteiger partial charge in [-0.25, -0.2) is 0 Å². The van der Waals surface area contributed by atoms with Gasteiger partial charge < -0.3 is 15.0 Å². The third-order valence-corrected chi connectivity index (χ3v) is 4.30. The van der Waals surface area contributed by atoms with E-state index in [-0.39, 0.29) is 0 Å². The van der Waals surface area contributed by atoms with Crippen LogP contribution in [-0.4, -0.2) is 37.2 Å². The van der Waals surface area contributed by atoms with Crippen molar-refractivity contribution in [3.8, 4) is 5.75 Å². The molecular formula is C18H30N2O. The van der Waals surface area contributed by atoms with Crippen LogP contribution in [0, 0.1) is 0 Å². The third-order valence-electron chi connectivity index (χ3n) is 4.30. The standard InChI is InChI=1S/C18H30N2O/c1-4-12-20-13-10-16(11-14-20)19-15(3)17-8-6-7-9-18(17)21-5-2/h6-9,15-16,19H,4-5,10-14H2,1-3H3. The van der Waals surface area contributed by atoms with Crippen molar-refractivity contribution in [2.45, 2.75) is 52.1 Å². The van der Waals surface area contributed by atoms with Crippen molar-refractivity contribution in [1.82, 2.24) is 10.2 Å². The molecule has 1 atom stereocenters. The Morgan fingerprint density at radius 2 is 1.95 bits per heavy atom. The molecule has 1 aromatic carbocycles. The lowest BCUT2D eigenvalue weighted by Gasteiger charge is -2.34. The molecule has 0 aromatic heterocycles. The van der Waals surface area contributed by atoms with Gasteiger partial charge in [-0.05, 0) is 58.8 Å². The Bertz CT molecular complexity index is 413. The topological polar surface area (TPSA) is 24.5 Å². The van der Waals surface area contributed by atoms with Crippen molar-refractivity contribution in [3.63, 3.8) is 0 Å². The van der Waals surface area contributed by atoms with Crippen LogP contribution in [0.3, 0.4) is 0 Å². The Morgan fingerprint density at radius 3 is 2.62 bits per heavy atom. The maximum absolute atomic E-state index is 5.75. The fourth-order valence-electron chi connectivity index (χ4n) is 3.21. The van der Waals surface area contributed by atoms with E-state index in [4.69, 9.17) is 4.74 Å². The molecule has 1 aliphatic heterocycles. The van der Waals surface area contributed by atoms with E-state index < -0.39 is 0 Å². The second-order valence-corrected chi connectivity index (χ2v) is 5.98. The highest BCUT2D eigenvalue weighted by molar-refractivity contribution is 5.35. The van der Waals surface area contributed by atoms with Crippen molar-refractivity contribution >= 4 is 0 Å². The highest BCUT2D eigenvalue weighted by Gasteiger charge is 2.21. The van der Waals surface area contributed by atoms with E-state index in [1.165, 1.54) is 44.5 Å². The summed E-state index contributed by atoms with van der Waals surface area (Å²) in [6.07, 6.45) is 3.76. The summed E-state index contributed by atoms with van der Waals surface area (Å²) in [4.78, 5) is 2.58. The van der Waals surface area contributed by atoms with Gasteiger partial charge in [0.15, 0.2) is 0 Å². The smallest absolute Gasteiger partial charge is 0.124 e. The van der Waals surface area contributed by atoms with Gasteiger partial charge in [0.25, 0.3) is 0 Å². The molecular weight excluding hydrogens is 260 g/mol. The highest BCUT2D eigenvalue weighted by Crippen LogP contribution is 2.26. The monoisotopic (exact) mass is 290 g/mol. The summed E-state index contributed by atoms with van der Waals surface area (Å²) in [6.45, 7) is 11.0. The minimum absolute atomic E-state index is 0.343. The summed E-state index contributed by atoms with van der Waals surface area (Å²) in [5, 5.41) is 3.79. The molecule has 1 fully saturated rings. The first-order valence-electron chi connectivity index (χ1n) is 8.44. The molecule has 1 aromatic rings. The van der Waals surface area contributed by atoms with E-state index in [0.29, 0.717) is 12.1 Å². The summed E-state index contributed by atoms with van der Waals surface area (Å²) in [7, 11) is 0. The second kappa shape index (κ2) is 8.40. The number of rotatable bonds is 7. The molecule has 1 heterocycles. The average molecular weight is 290 g/mol. The van der Waals surface area contributed by atoms with Crippen LogP contribution >= 0.6 is 0 Å². The molecule has 0 radical (unpaired) electrons. The molecule has 1 saturated heterocycles. The van der Waals surface area contributed by atoms with E-state index in [0.717, 1.165) is 12.4 Å². The lowest BCUT2D eigenvalue weighted by molar-refractivity contribution is 0.192. The predicted molar refractivity (Wildman–Crippen MR) is 88.9 cm³/mol. The first-order valence-corrected chi connectivity index (χ1v) is 8.44. The van der Waals surface area contributed by atoms with Gasteiger partial charge in [0.2, 0.25) is 0 Å². The number of benzene rings is 1. The number of hydrogen-bond acceptors (Lipinski definition) is 3. The minimum atomic E-state index is 0.343. The van der Waals surface area contributed by atoms with Gasteiger partial charge in [-0.3, -0.25) is 0 Å². The Balaban J connectivity index is 1.89. The highest BCUT2D eigenvalue weighted by atomic mass is 16.5. The molecule has 1 aliphatic rings. The van der Waals surface area contributed by atoms with Gasteiger partial charge in [-0.15, -0.1) is 0 Å². The SMILES string of the molecule is CCCN1CCC(NC(C)c2ccccc2OCC)CC1. The summed E-state index contributed by atoms with van der Waals surface area (Å²) < 4.78 is 5.75. The van der Waals surface area contributed by atoms with Crippen molar-refractivity contribution in [3.05, 3.63) is 29.8 Å². The molecule has 118 valence electrons. The molecule has 1 unspecified atom stereocenters. The fraction of sp³-hybridized carbons (Fsp3) is 0.667. The Hall–Kier alpha value is -1.06. The van der Waals surface area contributed by atoms with Crippen molar-refractivity contribution < 1.29 is 4.74 Å². The van der Waals surface area contributed by atoms with E-state index in [1.54, 1.807) is 0 Å². The summed E-state index contributed by atoms with van der Waals surface area (Å²) in [5.74, 6) is 1.02. The number of nitrogens with zero attached hydrogens (tertiary/aromatic N) is 1. The number of nitrogens with one attached hydrogen (secondary N) is 1. The average Bonchev–Trinajstić information content (AvgIpc) is 2.50. The van der Waals surface area contributed by atoms with Gasteiger partial charge in [0.1, 0.15) is 5.75 Å². The third kappa shape index (κ3) is 4.72. The summed E-state index contributed by atoms with van der Waals surface area (Å²) in [6, 6.07) is 9.36. The number of para-hydroxylation sites is 1. The molecule has 1 N–H and O–H groups in total. The van der Waals surface area contributed by atoms with Crippen molar-refractivity contribution in [1.29, 1.82) is 0 Å². The zero-order chi connectivity index (χ0) is 15.1. The number of hydrogen-bond donors (Lipinski definition) is 1. The van der Waals surface area contributed by atoms with Gasteiger partial charge >= 0.3 is 0 Å². The van der Waals surface area contributed by atoms with E-state index in [2.05, 4.69) is 42.3 Å². The van der Waals surface area contributed by atoms with Crippen LogP contribution < -0.4 is 10.1 Å². The Kier molecular flexibility index (Phi) is 6.52. The summed E-state index contributed by atoms with van der Waals surface area (Å²) in [5.41, 5.74) is 1.27. The maximum atomic E-state index is 5.75. The summed E-state index contributed by atoms with van der Waals surface area (Å²) >= 11 is 0. The van der Waals surface area contributed by atoms with Gasteiger partial charge in [0.05, 0.1) is 6.61 Å². The van der Waals surface area contributed by atoms with Gasteiger partial charge in [-0.2, -0.15) is 0 Å². The van der Waals surface area contributed by atoms with Crippen LogP contribution in [0.4, 0.5) is 0 Å². The maximum Gasteiger partial charge on any atom is 0.124 e. The quantitative estimate of drug-likeness (QED) is 0.830. The van der Waals surface area contributed by atoms with E-state index >= 15 is 0 Å². The van der Waals surface area contributed by atoms with Gasteiger partial charge in [0, 0.05) is 17.6 Å². The minimum Gasteiger partial charge on any atom is -0.494 e. The molecule has 3 nitrogen and oxygen atoms in total. The Morgan fingerprint density at radius 1 is 1.24 bits per heavy atom. The zero-order valence-corrected chi connectivity index (χ0v) is 13.8. The predicted octanol–water partition coefficient (Wildman–Crippen LogP) is 3.61. The van der Waals surface area contributed by atoms with Crippen LogP contribution in [0.5, 0.6) is 5.75 Å². The van der Waals surface area contributed by atoms with E-state index in [1.807, 2.05) is 13.0 Å². The normalized spacial score (nSPS) is 18.6. The number of likely N-dealkylation sites (tertiary alicyclic amines) is 1. The molecule has 21 heavy (non-hydrogen) atoms. The molecule has 0 amide bonds. The largest absolute Gasteiger partial charge is 0.494 e. The number of piperidine rings is 1. The van der Waals surface area contributed by atoms with Crippen LogP contribution in [0.1, 0.15) is 51.6 Å². The first kappa shape index (κ1) is 16.3. The van der Waals surface area contributed by atoms with Crippen LogP contribution in [0.25, 0.3) is 0 Å². The van der Waals surface area contributed by atoms with Gasteiger partial charge in [-0.1, -0.05) is 25.1 Å². The molecule has 0 spiro atoms. The van der Waals surface area contributed by atoms with Crippen molar-refractivity contribution in [2.24, 2.45) is 0 Å². The molecule has 0 bridgehead atoms. The molecule has 0 aliphatic carbocycles. The molecule has 0 saturated carbocycles. The van der Waals surface area contributed by atoms with Crippen LogP contribution in [-0.2, 0) is 0 Å².